The third-order valence-corrected chi connectivity index (χ3v) is 2.75. The molecule has 0 saturated heterocycles. The summed E-state index contributed by atoms with van der Waals surface area (Å²) in [5.74, 6) is 0.958. The molecule has 0 radical (unpaired) electrons. The van der Waals surface area contributed by atoms with Crippen molar-refractivity contribution in [1.82, 2.24) is 5.32 Å². The van der Waals surface area contributed by atoms with E-state index in [0.717, 1.165) is 18.7 Å². The predicted octanol–water partition coefficient (Wildman–Crippen LogP) is 2.09. The van der Waals surface area contributed by atoms with Crippen molar-refractivity contribution < 1.29 is 9.47 Å². The van der Waals surface area contributed by atoms with Crippen molar-refractivity contribution in [1.29, 1.82) is 0 Å². The molecule has 1 aromatic carbocycles. The minimum Gasteiger partial charge on any atom is -0.464 e. The van der Waals surface area contributed by atoms with Crippen molar-refractivity contribution in [3.8, 4) is 5.75 Å². The number of hydrogen-bond donors (Lipinski definition) is 1. The lowest BCUT2D eigenvalue weighted by atomic mass is 10.1. The van der Waals surface area contributed by atoms with Gasteiger partial charge in [0.1, 0.15) is 5.75 Å². The zero-order chi connectivity index (χ0) is 11.5. The number of methoxy groups -OCH3 is 1. The number of fused-ring (bicyclic) bond motifs is 1. The minimum atomic E-state index is -0.108. The van der Waals surface area contributed by atoms with Crippen LogP contribution in [0.1, 0.15) is 25.0 Å². The fraction of sp³-hybridized carbons (Fsp3) is 0.538. The lowest BCUT2D eigenvalue weighted by Gasteiger charge is -2.09. The summed E-state index contributed by atoms with van der Waals surface area (Å²) in [6.45, 7) is 5.21. The Morgan fingerprint density at radius 3 is 3.00 bits per heavy atom. The summed E-state index contributed by atoms with van der Waals surface area (Å²) in [6.07, 6.45) is 0.741. The smallest absolute Gasteiger partial charge is 0.203 e. The maximum absolute atomic E-state index is 5.59. The average molecular weight is 221 g/mol. The molecule has 1 heterocycles. The van der Waals surface area contributed by atoms with Gasteiger partial charge in [-0.25, -0.2) is 0 Å². The van der Waals surface area contributed by atoms with Crippen LogP contribution in [0.25, 0.3) is 0 Å². The first-order valence-corrected chi connectivity index (χ1v) is 5.73. The van der Waals surface area contributed by atoms with Crippen molar-refractivity contribution in [2.45, 2.75) is 39.1 Å². The summed E-state index contributed by atoms with van der Waals surface area (Å²) in [7, 11) is 1.68. The standard InChI is InChI=1S/C13H19NO2/c1-9(2)14-8-10-4-5-12-11(6-10)7-13(15-3)16-12/h4-6,9,13-14H,7-8H2,1-3H3. The number of benzene rings is 1. The molecule has 3 heteroatoms. The SMILES string of the molecule is COC1Cc2cc(CNC(C)C)ccc2O1. The second kappa shape index (κ2) is 4.85. The molecule has 0 spiro atoms. The topological polar surface area (TPSA) is 30.5 Å². The van der Waals surface area contributed by atoms with Crippen LogP contribution < -0.4 is 10.1 Å². The third-order valence-electron chi connectivity index (χ3n) is 2.75. The number of rotatable bonds is 4. The first-order chi connectivity index (χ1) is 7.69. The summed E-state index contributed by atoms with van der Waals surface area (Å²) in [5, 5.41) is 3.41. The number of nitrogens with one attached hydrogen (secondary N) is 1. The van der Waals surface area contributed by atoms with E-state index in [-0.39, 0.29) is 6.29 Å². The molecule has 0 aromatic heterocycles. The van der Waals surface area contributed by atoms with Gasteiger partial charge < -0.3 is 14.8 Å². The molecule has 1 N–H and O–H groups in total. The average Bonchev–Trinajstić information content (AvgIpc) is 2.68. The van der Waals surface area contributed by atoms with E-state index in [2.05, 4.69) is 31.3 Å². The normalized spacial score (nSPS) is 18.6. The maximum Gasteiger partial charge on any atom is 0.203 e. The molecular weight excluding hydrogens is 202 g/mol. The maximum atomic E-state index is 5.59. The van der Waals surface area contributed by atoms with Gasteiger partial charge in [0.25, 0.3) is 0 Å². The van der Waals surface area contributed by atoms with E-state index in [9.17, 15) is 0 Å². The highest BCUT2D eigenvalue weighted by Gasteiger charge is 2.22. The highest BCUT2D eigenvalue weighted by atomic mass is 16.7. The summed E-state index contributed by atoms with van der Waals surface area (Å²) in [5.41, 5.74) is 2.54. The summed E-state index contributed by atoms with van der Waals surface area (Å²) >= 11 is 0. The van der Waals surface area contributed by atoms with Gasteiger partial charge in [0.15, 0.2) is 0 Å². The first-order valence-electron chi connectivity index (χ1n) is 5.73. The van der Waals surface area contributed by atoms with Gasteiger partial charge in [0.05, 0.1) is 0 Å². The summed E-state index contributed by atoms with van der Waals surface area (Å²) < 4.78 is 10.8. The van der Waals surface area contributed by atoms with E-state index in [1.54, 1.807) is 7.11 Å². The van der Waals surface area contributed by atoms with Crippen molar-refractivity contribution >= 4 is 0 Å². The Kier molecular flexibility index (Phi) is 3.46. The van der Waals surface area contributed by atoms with E-state index < -0.39 is 0 Å². The number of hydrogen-bond acceptors (Lipinski definition) is 3. The molecule has 0 aliphatic carbocycles. The van der Waals surface area contributed by atoms with Gasteiger partial charge >= 0.3 is 0 Å². The highest BCUT2D eigenvalue weighted by molar-refractivity contribution is 5.40. The van der Waals surface area contributed by atoms with Crippen LogP contribution >= 0.6 is 0 Å². The van der Waals surface area contributed by atoms with Gasteiger partial charge in [-0.3, -0.25) is 0 Å². The van der Waals surface area contributed by atoms with Gasteiger partial charge in [-0.05, 0) is 11.6 Å². The third kappa shape index (κ3) is 2.54. The van der Waals surface area contributed by atoms with Crippen LogP contribution in [0, 0.1) is 0 Å². The number of ether oxygens (including phenoxy) is 2. The van der Waals surface area contributed by atoms with E-state index in [1.807, 2.05) is 6.07 Å². The Labute approximate surface area is 96.8 Å². The second-order valence-corrected chi connectivity index (χ2v) is 4.46. The van der Waals surface area contributed by atoms with Crippen molar-refractivity contribution in [3.63, 3.8) is 0 Å². The molecule has 0 bridgehead atoms. The van der Waals surface area contributed by atoms with Gasteiger partial charge in [-0.2, -0.15) is 0 Å². The van der Waals surface area contributed by atoms with Crippen LogP contribution in [-0.2, 0) is 17.7 Å². The lowest BCUT2D eigenvalue weighted by Crippen LogP contribution is -2.21. The molecule has 1 atom stereocenters. The molecule has 1 aliphatic heterocycles. The van der Waals surface area contributed by atoms with Crippen LogP contribution in [0.3, 0.4) is 0 Å². The van der Waals surface area contributed by atoms with E-state index in [1.165, 1.54) is 11.1 Å². The highest BCUT2D eigenvalue weighted by Crippen LogP contribution is 2.29. The molecule has 1 aromatic rings. The lowest BCUT2D eigenvalue weighted by molar-refractivity contribution is -0.0367. The fourth-order valence-electron chi connectivity index (χ4n) is 1.83. The van der Waals surface area contributed by atoms with Crippen molar-refractivity contribution in [2.75, 3.05) is 7.11 Å². The van der Waals surface area contributed by atoms with Crippen LogP contribution in [0.4, 0.5) is 0 Å². The Morgan fingerprint density at radius 1 is 1.50 bits per heavy atom. The van der Waals surface area contributed by atoms with Crippen molar-refractivity contribution in [2.24, 2.45) is 0 Å². The minimum absolute atomic E-state index is 0.108. The molecule has 88 valence electrons. The van der Waals surface area contributed by atoms with E-state index in [4.69, 9.17) is 9.47 Å². The molecule has 16 heavy (non-hydrogen) atoms. The fourth-order valence-corrected chi connectivity index (χ4v) is 1.83. The molecular formula is C13H19NO2. The van der Waals surface area contributed by atoms with Crippen molar-refractivity contribution in [3.05, 3.63) is 29.3 Å². The Balaban J connectivity index is 2.04. The molecule has 1 aliphatic rings. The largest absolute Gasteiger partial charge is 0.464 e. The molecule has 1 unspecified atom stereocenters. The Hall–Kier alpha value is -1.06. The Morgan fingerprint density at radius 2 is 2.31 bits per heavy atom. The van der Waals surface area contributed by atoms with Gasteiger partial charge in [-0.1, -0.05) is 26.0 Å². The first kappa shape index (κ1) is 11.4. The summed E-state index contributed by atoms with van der Waals surface area (Å²) in [4.78, 5) is 0. The Bertz CT molecular complexity index is 363. The van der Waals surface area contributed by atoms with Crippen LogP contribution in [0.15, 0.2) is 18.2 Å². The second-order valence-electron chi connectivity index (χ2n) is 4.46. The van der Waals surface area contributed by atoms with Crippen LogP contribution in [-0.4, -0.2) is 19.4 Å². The predicted molar refractivity (Wildman–Crippen MR) is 63.5 cm³/mol. The molecule has 0 fully saturated rings. The monoisotopic (exact) mass is 221 g/mol. The molecule has 3 nitrogen and oxygen atoms in total. The van der Waals surface area contributed by atoms with E-state index >= 15 is 0 Å². The van der Waals surface area contributed by atoms with Gasteiger partial charge in [-0.15, -0.1) is 0 Å². The van der Waals surface area contributed by atoms with Gasteiger partial charge in [0, 0.05) is 31.7 Å². The molecule has 2 rings (SSSR count). The summed E-state index contributed by atoms with van der Waals surface area (Å²) in [6, 6.07) is 6.85. The van der Waals surface area contributed by atoms with Crippen LogP contribution in [0.2, 0.25) is 0 Å². The van der Waals surface area contributed by atoms with Gasteiger partial charge in [0.2, 0.25) is 6.29 Å². The zero-order valence-corrected chi connectivity index (χ0v) is 10.1. The van der Waals surface area contributed by atoms with E-state index in [0.29, 0.717) is 6.04 Å². The quantitative estimate of drug-likeness (QED) is 0.844. The zero-order valence-electron chi connectivity index (χ0n) is 10.1. The molecule has 0 saturated carbocycles. The molecule has 0 amide bonds. The van der Waals surface area contributed by atoms with Crippen LogP contribution in [0.5, 0.6) is 5.75 Å².